The molecule has 0 aliphatic carbocycles. The molecule has 72 valence electrons. The predicted molar refractivity (Wildman–Crippen MR) is 61.3 cm³/mol. The highest BCUT2D eigenvalue weighted by molar-refractivity contribution is 7.10. The van der Waals surface area contributed by atoms with Crippen molar-refractivity contribution < 1.29 is 0 Å². The number of hydrogen-bond acceptors (Lipinski definition) is 2. The van der Waals surface area contributed by atoms with Gasteiger partial charge in [-0.2, -0.15) is 0 Å². The number of nitrogens with one attached hydrogen (secondary N) is 1. The average Bonchev–Trinajstić information content (AvgIpc) is 2.52. The van der Waals surface area contributed by atoms with E-state index in [0.717, 1.165) is 19.5 Å². The van der Waals surface area contributed by atoms with Crippen molar-refractivity contribution in [1.82, 2.24) is 5.32 Å². The molecule has 2 heteroatoms. The molecule has 1 rings (SSSR count). The maximum absolute atomic E-state index is 3.29. The van der Waals surface area contributed by atoms with Crippen molar-refractivity contribution in [3.05, 3.63) is 28.0 Å². The molecule has 1 aromatic rings. The van der Waals surface area contributed by atoms with Gasteiger partial charge in [0.2, 0.25) is 0 Å². The van der Waals surface area contributed by atoms with E-state index in [0.29, 0.717) is 0 Å². The first-order chi connectivity index (χ1) is 6.34. The van der Waals surface area contributed by atoms with E-state index in [1.54, 1.807) is 11.3 Å². The number of rotatable bonds is 5. The monoisotopic (exact) mass is 195 g/mol. The van der Waals surface area contributed by atoms with E-state index in [1.807, 2.05) is 0 Å². The molecule has 0 unspecified atom stereocenters. The Bertz CT molecular complexity index is 263. The molecule has 0 radical (unpaired) electrons. The minimum atomic E-state index is 1.06. The van der Waals surface area contributed by atoms with Crippen LogP contribution in [0.3, 0.4) is 0 Å². The minimum Gasteiger partial charge on any atom is -0.317 e. The predicted octanol–water partition coefficient (Wildman–Crippen LogP) is 3.07. The summed E-state index contributed by atoms with van der Waals surface area (Å²) in [4.78, 5) is 1.40. The molecule has 0 amide bonds. The zero-order valence-corrected chi connectivity index (χ0v) is 9.16. The zero-order chi connectivity index (χ0) is 9.52. The Morgan fingerprint density at radius 2 is 2.38 bits per heavy atom. The molecule has 0 aliphatic rings. The number of thiophene rings is 1. The summed E-state index contributed by atoms with van der Waals surface area (Å²) in [5.41, 5.74) is 1.36. The number of aryl methyl sites for hydroxylation is 1. The van der Waals surface area contributed by atoms with Gasteiger partial charge in [-0.15, -0.1) is 11.3 Å². The topological polar surface area (TPSA) is 12.0 Å². The highest BCUT2D eigenvalue weighted by Gasteiger charge is 1.92. The Morgan fingerprint density at radius 3 is 3.00 bits per heavy atom. The van der Waals surface area contributed by atoms with E-state index in [4.69, 9.17) is 0 Å². The van der Waals surface area contributed by atoms with E-state index < -0.39 is 0 Å². The van der Waals surface area contributed by atoms with Crippen LogP contribution in [0, 0.1) is 6.92 Å². The summed E-state index contributed by atoms with van der Waals surface area (Å²) in [6, 6.07) is 2.17. The van der Waals surface area contributed by atoms with Crippen LogP contribution in [0.2, 0.25) is 0 Å². The van der Waals surface area contributed by atoms with Gasteiger partial charge in [-0.1, -0.05) is 19.1 Å². The lowest BCUT2D eigenvalue weighted by molar-refractivity contribution is 0.727. The molecule has 13 heavy (non-hydrogen) atoms. The molecule has 0 saturated heterocycles. The molecule has 0 aliphatic heterocycles. The molecule has 1 aromatic heterocycles. The highest BCUT2D eigenvalue weighted by atomic mass is 32.1. The lowest BCUT2D eigenvalue weighted by Gasteiger charge is -1.95. The second kappa shape index (κ2) is 5.95. The van der Waals surface area contributed by atoms with Crippen LogP contribution < -0.4 is 5.32 Å². The summed E-state index contributed by atoms with van der Waals surface area (Å²) in [5.74, 6) is 0. The van der Waals surface area contributed by atoms with Crippen LogP contribution >= 0.6 is 11.3 Å². The Labute approximate surface area is 84.5 Å². The van der Waals surface area contributed by atoms with Gasteiger partial charge >= 0.3 is 0 Å². The zero-order valence-electron chi connectivity index (χ0n) is 8.34. The molecule has 0 saturated carbocycles. The van der Waals surface area contributed by atoms with Crippen LogP contribution in [0.5, 0.6) is 0 Å². The van der Waals surface area contributed by atoms with E-state index >= 15 is 0 Å². The SMILES string of the molecule is CCNCC/C=C/c1ccsc1C. The summed E-state index contributed by atoms with van der Waals surface area (Å²) >= 11 is 1.81. The van der Waals surface area contributed by atoms with Crippen LogP contribution in [0.15, 0.2) is 17.5 Å². The van der Waals surface area contributed by atoms with Crippen molar-refractivity contribution in [2.24, 2.45) is 0 Å². The standard InChI is InChI=1S/C11H17NS/c1-3-12-8-5-4-6-11-7-9-13-10(11)2/h4,6-7,9,12H,3,5,8H2,1-2H3/b6-4+. The fourth-order valence-corrected chi connectivity index (χ4v) is 1.83. The third-order valence-corrected chi connectivity index (χ3v) is 2.80. The van der Waals surface area contributed by atoms with Crippen molar-refractivity contribution in [3.63, 3.8) is 0 Å². The first-order valence-electron chi connectivity index (χ1n) is 4.76. The Kier molecular flexibility index (Phi) is 4.79. The number of hydrogen-bond donors (Lipinski definition) is 1. The molecule has 0 bridgehead atoms. The molecule has 1 heterocycles. The van der Waals surface area contributed by atoms with Gasteiger partial charge < -0.3 is 5.32 Å². The van der Waals surface area contributed by atoms with Crippen LogP contribution in [0.4, 0.5) is 0 Å². The van der Waals surface area contributed by atoms with E-state index in [9.17, 15) is 0 Å². The lowest BCUT2D eigenvalue weighted by Crippen LogP contribution is -2.12. The molecular weight excluding hydrogens is 178 g/mol. The molecule has 0 fully saturated rings. The molecule has 0 atom stereocenters. The summed E-state index contributed by atoms with van der Waals surface area (Å²) < 4.78 is 0. The van der Waals surface area contributed by atoms with Crippen molar-refractivity contribution >= 4 is 17.4 Å². The van der Waals surface area contributed by atoms with Crippen LogP contribution in [0.1, 0.15) is 23.8 Å². The molecular formula is C11H17NS. The molecule has 0 aromatic carbocycles. The third-order valence-electron chi connectivity index (χ3n) is 1.93. The normalized spacial score (nSPS) is 11.2. The van der Waals surface area contributed by atoms with Crippen molar-refractivity contribution in [3.8, 4) is 0 Å². The maximum atomic E-state index is 3.29. The van der Waals surface area contributed by atoms with Gasteiger partial charge in [0.1, 0.15) is 0 Å². The summed E-state index contributed by atoms with van der Waals surface area (Å²) in [7, 11) is 0. The van der Waals surface area contributed by atoms with Crippen LogP contribution in [-0.4, -0.2) is 13.1 Å². The first-order valence-corrected chi connectivity index (χ1v) is 5.64. The first kappa shape index (κ1) is 10.5. The lowest BCUT2D eigenvalue weighted by atomic mass is 10.2. The van der Waals surface area contributed by atoms with Crippen molar-refractivity contribution in [2.75, 3.05) is 13.1 Å². The Morgan fingerprint density at radius 1 is 1.54 bits per heavy atom. The van der Waals surface area contributed by atoms with E-state index in [2.05, 4.69) is 42.8 Å². The molecule has 1 nitrogen and oxygen atoms in total. The van der Waals surface area contributed by atoms with Gasteiger partial charge in [-0.25, -0.2) is 0 Å². The highest BCUT2D eigenvalue weighted by Crippen LogP contribution is 2.16. The van der Waals surface area contributed by atoms with Crippen LogP contribution in [-0.2, 0) is 0 Å². The largest absolute Gasteiger partial charge is 0.317 e. The van der Waals surface area contributed by atoms with Gasteiger partial charge in [0.05, 0.1) is 0 Å². The van der Waals surface area contributed by atoms with E-state index in [1.165, 1.54) is 10.4 Å². The smallest absolute Gasteiger partial charge is 0.00864 e. The fraction of sp³-hybridized carbons (Fsp3) is 0.455. The second-order valence-corrected chi connectivity index (χ2v) is 4.10. The van der Waals surface area contributed by atoms with E-state index in [-0.39, 0.29) is 0 Å². The van der Waals surface area contributed by atoms with Crippen molar-refractivity contribution in [1.29, 1.82) is 0 Å². The Hall–Kier alpha value is -0.600. The fourth-order valence-electron chi connectivity index (χ4n) is 1.14. The van der Waals surface area contributed by atoms with Crippen molar-refractivity contribution in [2.45, 2.75) is 20.3 Å². The minimum absolute atomic E-state index is 1.06. The third kappa shape index (κ3) is 3.75. The van der Waals surface area contributed by atoms with Gasteiger partial charge in [0.15, 0.2) is 0 Å². The molecule has 1 N–H and O–H groups in total. The Balaban J connectivity index is 2.28. The second-order valence-electron chi connectivity index (χ2n) is 2.98. The average molecular weight is 195 g/mol. The molecule has 0 spiro atoms. The summed E-state index contributed by atoms with van der Waals surface area (Å²) in [6.45, 7) is 6.43. The quantitative estimate of drug-likeness (QED) is 0.712. The summed E-state index contributed by atoms with van der Waals surface area (Å²) in [6.07, 6.45) is 5.56. The van der Waals surface area contributed by atoms with Gasteiger partial charge in [0, 0.05) is 4.88 Å². The van der Waals surface area contributed by atoms with Gasteiger partial charge in [-0.3, -0.25) is 0 Å². The van der Waals surface area contributed by atoms with Gasteiger partial charge in [-0.05, 0) is 43.4 Å². The maximum Gasteiger partial charge on any atom is 0.00864 e. The summed E-state index contributed by atoms with van der Waals surface area (Å²) in [5, 5.41) is 5.43. The van der Waals surface area contributed by atoms with Crippen LogP contribution in [0.25, 0.3) is 6.08 Å². The van der Waals surface area contributed by atoms with Gasteiger partial charge in [0.25, 0.3) is 0 Å².